The molecule has 0 atom stereocenters. The molecule has 6 nitrogen and oxygen atoms in total. The molecule has 0 aliphatic carbocycles. The summed E-state index contributed by atoms with van der Waals surface area (Å²) in [6, 6.07) is 12.0. The van der Waals surface area contributed by atoms with Crippen molar-refractivity contribution in [1.29, 1.82) is 0 Å². The molecule has 0 saturated heterocycles. The number of hydrogen-bond donors (Lipinski definition) is 2. The van der Waals surface area contributed by atoms with Crippen molar-refractivity contribution in [1.82, 2.24) is 5.32 Å². The summed E-state index contributed by atoms with van der Waals surface area (Å²) in [5.41, 5.74) is 3.13. The molecule has 6 heteroatoms. The Balaban J connectivity index is 1.64. The highest BCUT2D eigenvalue weighted by molar-refractivity contribution is 5.93. The molecule has 1 aliphatic heterocycles. The van der Waals surface area contributed by atoms with Gasteiger partial charge in [-0.3, -0.25) is 4.99 Å². The lowest BCUT2D eigenvalue weighted by atomic mass is 10.1. The van der Waals surface area contributed by atoms with Crippen LogP contribution in [-0.2, 0) is 6.54 Å². The van der Waals surface area contributed by atoms with Crippen LogP contribution in [0.5, 0.6) is 17.2 Å². The number of hydrogen-bond acceptors (Lipinski definition) is 4. The number of aryl methyl sites for hydroxylation is 1. The van der Waals surface area contributed by atoms with E-state index in [0.717, 1.165) is 40.5 Å². The summed E-state index contributed by atoms with van der Waals surface area (Å²) in [5.74, 6) is 3.10. The lowest BCUT2D eigenvalue weighted by Gasteiger charge is -2.14. The zero-order chi connectivity index (χ0) is 18.4. The lowest BCUT2D eigenvalue weighted by molar-refractivity contribution is 0.297. The Labute approximate surface area is 154 Å². The van der Waals surface area contributed by atoms with Crippen LogP contribution in [0, 0.1) is 6.92 Å². The molecule has 0 amide bonds. The van der Waals surface area contributed by atoms with E-state index in [2.05, 4.69) is 27.8 Å². The van der Waals surface area contributed by atoms with Crippen molar-refractivity contribution in [3.05, 3.63) is 47.5 Å². The van der Waals surface area contributed by atoms with E-state index in [1.807, 2.05) is 31.2 Å². The van der Waals surface area contributed by atoms with E-state index in [-0.39, 0.29) is 0 Å². The van der Waals surface area contributed by atoms with Gasteiger partial charge in [0.05, 0.1) is 20.3 Å². The number of rotatable bonds is 4. The van der Waals surface area contributed by atoms with Crippen molar-refractivity contribution in [2.45, 2.75) is 19.9 Å². The molecule has 26 heavy (non-hydrogen) atoms. The first-order valence-corrected chi connectivity index (χ1v) is 8.70. The third kappa shape index (κ3) is 4.39. The largest absolute Gasteiger partial charge is 0.496 e. The maximum Gasteiger partial charge on any atom is 0.195 e. The fraction of sp³-hybridized carbons (Fsp3) is 0.350. The average Bonchev–Trinajstić information content (AvgIpc) is 2.91. The van der Waals surface area contributed by atoms with Gasteiger partial charge in [0.15, 0.2) is 17.5 Å². The topological polar surface area (TPSA) is 64.1 Å². The molecule has 3 rings (SSSR count). The molecule has 0 spiro atoms. The molecular weight excluding hydrogens is 330 g/mol. The van der Waals surface area contributed by atoms with Crippen LogP contribution >= 0.6 is 0 Å². The second kappa shape index (κ2) is 8.47. The monoisotopic (exact) mass is 355 g/mol. The molecule has 0 saturated carbocycles. The third-order valence-corrected chi connectivity index (χ3v) is 4.17. The summed E-state index contributed by atoms with van der Waals surface area (Å²) in [4.78, 5) is 4.28. The molecule has 0 radical (unpaired) electrons. The fourth-order valence-corrected chi connectivity index (χ4v) is 2.72. The van der Waals surface area contributed by atoms with Crippen LogP contribution in [0.4, 0.5) is 5.69 Å². The van der Waals surface area contributed by atoms with E-state index in [9.17, 15) is 0 Å². The highest BCUT2D eigenvalue weighted by Crippen LogP contribution is 2.32. The molecular formula is C20H25N3O3. The highest BCUT2D eigenvalue weighted by atomic mass is 16.5. The number of anilines is 1. The molecule has 0 fully saturated rings. The second-order valence-electron chi connectivity index (χ2n) is 6.07. The SMILES string of the molecule is CN=C(NCc1ccc(C)c(OC)c1)Nc1ccc2c(c1)OCCCO2. The Morgan fingerprint density at radius 2 is 1.92 bits per heavy atom. The van der Waals surface area contributed by atoms with Crippen molar-refractivity contribution in [2.24, 2.45) is 4.99 Å². The molecule has 1 aliphatic rings. The summed E-state index contributed by atoms with van der Waals surface area (Å²) < 4.78 is 16.8. The number of guanidine groups is 1. The Morgan fingerprint density at radius 3 is 2.69 bits per heavy atom. The van der Waals surface area contributed by atoms with Crippen molar-refractivity contribution < 1.29 is 14.2 Å². The average molecular weight is 355 g/mol. The number of methoxy groups -OCH3 is 1. The molecule has 2 aromatic carbocycles. The Morgan fingerprint density at radius 1 is 1.12 bits per heavy atom. The van der Waals surface area contributed by atoms with E-state index in [0.29, 0.717) is 25.7 Å². The predicted molar refractivity (Wildman–Crippen MR) is 104 cm³/mol. The van der Waals surface area contributed by atoms with Crippen LogP contribution in [0.25, 0.3) is 0 Å². The number of ether oxygens (including phenoxy) is 3. The zero-order valence-corrected chi connectivity index (χ0v) is 15.5. The molecule has 2 aromatic rings. The van der Waals surface area contributed by atoms with Gasteiger partial charge < -0.3 is 24.8 Å². The first-order valence-electron chi connectivity index (χ1n) is 8.70. The first kappa shape index (κ1) is 17.9. The summed E-state index contributed by atoms with van der Waals surface area (Å²) >= 11 is 0. The minimum atomic E-state index is 0.640. The molecule has 0 bridgehead atoms. The van der Waals surface area contributed by atoms with Crippen molar-refractivity contribution in [2.75, 3.05) is 32.7 Å². The minimum absolute atomic E-state index is 0.640. The van der Waals surface area contributed by atoms with Gasteiger partial charge in [0, 0.05) is 31.8 Å². The molecule has 0 aromatic heterocycles. The van der Waals surface area contributed by atoms with Crippen LogP contribution in [0.1, 0.15) is 17.5 Å². The maximum atomic E-state index is 5.73. The summed E-state index contributed by atoms with van der Waals surface area (Å²) in [6.45, 7) is 4.02. The van der Waals surface area contributed by atoms with Crippen LogP contribution in [-0.4, -0.2) is 33.3 Å². The van der Waals surface area contributed by atoms with Crippen molar-refractivity contribution in [3.63, 3.8) is 0 Å². The molecule has 138 valence electrons. The van der Waals surface area contributed by atoms with E-state index in [4.69, 9.17) is 14.2 Å². The van der Waals surface area contributed by atoms with E-state index in [1.165, 1.54) is 0 Å². The van der Waals surface area contributed by atoms with Crippen molar-refractivity contribution in [3.8, 4) is 17.2 Å². The van der Waals surface area contributed by atoms with E-state index in [1.54, 1.807) is 14.2 Å². The number of aliphatic imine (C=N–C) groups is 1. The Kier molecular flexibility index (Phi) is 5.84. The van der Waals surface area contributed by atoms with Gasteiger partial charge in [-0.05, 0) is 36.2 Å². The standard InChI is InChI=1S/C20H25N3O3/c1-14-5-6-15(11-18(14)24-3)13-22-20(21-2)23-16-7-8-17-19(12-16)26-10-4-9-25-17/h5-8,11-12H,4,9-10,13H2,1-3H3,(H2,21,22,23). The lowest BCUT2D eigenvalue weighted by Crippen LogP contribution is -2.30. The Hall–Kier alpha value is -2.89. The van der Waals surface area contributed by atoms with Crippen molar-refractivity contribution >= 4 is 11.6 Å². The predicted octanol–water partition coefficient (Wildman–Crippen LogP) is 3.35. The van der Waals surface area contributed by atoms with Gasteiger partial charge in [-0.2, -0.15) is 0 Å². The molecule has 2 N–H and O–H groups in total. The van der Waals surface area contributed by atoms with Gasteiger partial charge in [0.2, 0.25) is 0 Å². The normalized spacial score (nSPS) is 13.7. The van der Waals surface area contributed by atoms with Gasteiger partial charge in [0.1, 0.15) is 5.75 Å². The molecule has 1 heterocycles. The summed E-state index contributed by atoms with van der Waals surface area (Å²) in [7, 11) is 3.43. The number of fused-ring (bicyclic) bond motifs is 1. The number of benzene rings is 2. The Bertz CT molecular complexity index is 790. The third-order valence-electron chi connectivity index (χ3n) is 4.17. The maximum absolute atomic E-state index is 5.73. The van der Waals surface area contributed by atoms with Crippen LogP contribution in [0.15, 0.2) is 41.4 Å². The van der Waals surface area contributed by atoms with Gasteiger partial charge in [-0.15, -0.1) is 0 Å². The smallest absolute Gasteiger partial charge is 0.195 e. The van der Waals surface area contributed by atoms with Gasteiger partial charge >= 0.3 is 0 Å². The summed E-state index contributed by atoms with van der Waals surface area (Å²) in [5, 5.41) is 6.59. The first-order chi connectivity index (χ1) is 12.7. The van der Waals surface area contributed by atoms with Gasteiger partial charge in [-0.25, -0.2) is 0 Å². The van der Waals surface area contributed by atoms with E-state index >= 15 is 0 Å². The number of nitrogens with one attached hydrogen (secondary N) is 2. The van der Waals surface area contributed by atoms with Gasteiger partial charge in [0.25, 0.3) is 0 Å². The van der Waals surface area contributed by atoms with Crippen LogP contribution < -0.4 is 24.8 Å². The van der Waals surface area contributed by atoms with Gasteiger partial charge in [-0.1, -0.05) is 12.1 Å². The second-order valence-corrected chi connectivity index (χ2v) is 6.07. The highest BCUT2D eigenvalue weighted by Gasteiger charge is 2.11. The number of nitrogens with zero attached hydrogens (tertiary/aromatic N) is 1. The zero-order valence-electron chi connectivity index (χ0n) is 15.5. The van der Waals surface area contributed by atoms with Crippen LogP contribution in [0.3, 0.4) is 0 Å². The minimum Gasteiger partial charge on any atom is -0.496 e. The van der Waals surface area contributed by atoms with Crippen LogP contribution in [0.2, 0.25) is 0 Å². The molecule has 0 unspecified atom stereocenters. The quantitative estimate of drug-likeness (QED) is 0.650. The fourth-order valence-electron chi connectivity index (χ4n) is 2.72. The summed E-state index contributed by atoms with van der Waals surface area (Å²) in [6.07, 6.45) is 0.890. The van der Waals surface area contributed by atoms with E-state index < -0.39 is 0 Å².